The highest BCUT2D eigenvalue weighted by Gasteiger charge is 2.09. The van der Waals surface area contributed by atoms with Gasteiger partial charge >= 0.3 is 0 Å². The Hall–Kier alpha value is -2.56. The number of fused-ring (bicyclic) bond motifs is 1. The van der Waals surface area contributed by atoms with E-state index in [4.69, 9.17) is 5.73 Å². The minimum Gasteiger partial charge on any atom is -0.370 e. The van der Waals surface area contributed by atoms with Crippen LogP contribution in [0.1, 0.15) is 6.42 Å². The Morgan fingerprint density at radius 3 is 2.90 bits per heavy atom. The van der Waals surface area contributed by atoms with Crippen LogP contribution in [0.3, 0.4) is 0 Å². The highest BCUT2D eigenvalue weighted by molar-refractivity contribution is 5.86. The standard InChI is InChI=1S/C15H16N4O/c1-18-13-5-3-2-4-11(13)8-14(18)12-9-17-19(10-12)7-6-15(16)20/h2-5,8-10H,6-7H2,1H3,(H2,16,20). The molecule has 2 heterocycles. The van der Waals surface area contributed by atoms with Crippen LogP contribution in [0, 0.1) is 0 Å². The highest BCUT2D eigenvalue weighted by Crippen LogP contribution is 2.26. The molecule has 0 aliphatic heterocycles. The molecule has 0 saturated carbocycles. The Bertz CT molecular complexity index is 769. The topological polar surface area (TPSA) is 65.8 Å². The van der Waals surface area contributed by atoms with Crippen molar-refractivity contribution in [2.45, 2.75) is 13.0 Å². The molecule has 1 aromatic carbocycles. The number of aryl methyl sites for hydroxylation is 2. The maximum absolute atomic E-state index is 10.8. The summed E-state index contributed by atoms with van der Waals surface area (Å²) < 4.78 is 3.89. The predicted molar refractivity (Wildman–Crippen MR) is 78.0 cm³/mol. The molecule has 0 aliphatic carbocycles. The minimum atomic E-state index is -0.313. The number of nitrogens with zero attached hydrogens (tertiary/aromatic N) is 3. The van der Waals surface area contributed by atoms with Crippen molar-refractivity contribution in [2.75, 3.05) is 0 Å². The van der Waals surface area contributed by atoms with E-state index in [1.807, 2.05) is 31.6 Å². The summed E-state index contributed by atoms with van der Waals surface area (Å²) in [4.78, 5) is 10.8. The first-order chi connectivity index (χ1) is 9.65. The molecule has 20 heavy (non-hydrogen) atoms. The molecule has 0 spiro atoms. The van der Waals surface area contributed by atoms with E-state index < -0.39 is 0 Å². The Balaban J connectivity index is 1.95. The number of para-hydroxylation sites is 1. The summed E-state index contributed by atoms with van der Waals surface area (Å²) in [5.41, 5.74) is 8.48. The van der Waals surface area contributed by atoms with Gasteiger partial charge in [0.15, 0.2) is 0 Å². The number of benzene rings is 1. The van der Waals surface area contributed by atoms with Gasteiger partial charge in [-0.3, -0.25) is 9.48 Å². The molecule has 3 aromatic rings. The number of amides is 1. The van der Waals surface area contributed by atoms with E-state index >= 15 is 0 Å². The molecule has 1 amide bonds. The van der Waals surface area contributed by atoms with Gasteiger partial charge in [-0.05, 0) is 12.1 Å². The molecule has 0 fully saturated rings. The summed E-state index contributed by atoms with van der Waals surface area (Å²) in [6.07, 6.45) is 4.06. The maximum Gasteiger partial charge on any atom is 0.219 e. The van der Waals surface area contributed by atoms with Crippen LogP contribution < -0.4 is 5.73 Å². The first-order valence-corrected chi connectivity index (χ1v) is 6.51. The second-order valence-corrected chi connectivity index (χ2v) is 4.86. The number of carbonyl (C=O) groups excluding carboxylic acids is 1. The minimum absolute atomic E-state index is 0.302. The van der Waals surface area contributed by atoms with Crippen LogP contribution >= 0.6 is 0 Å². The van der Waals surface area contributed by atoms with Gasteiger partial charge in [-0.15, -0.1) is 0 Å². The first-order valence-electron chi connectivity index (χ1n) is 6.51. The molecule has 2 aromatic heterocycles. The Kier molecular flexibility index (Phi) is 3.02. The quantitative estimate of drug-likeness (QED) is 0.785. The molecule has 102 valence electrons. The van der Waals surface area contributed by atoms with Gasteiger partial charge in [-0.25, -0.2) is 0 Å². The van der Waals surface area contributed by atoms with E-state index in [1.165, 1.54) is 10.9 Å². The van der Waals surface area contributed by atoms with Crippen LogP contribution in [0.25, 0.3) is 22.2 Å². The van der Waals surface area contributed by atoms with Gasteiger partial charge in [0.25, 0.3) is 0 Å². The lowest BCUT2D eigenvalue weighted by Crippen LogP contribution is -2.13. The normalized spacial score (nSPS) is 11.1. The fourth-order valence-corrected chi connectivity index (χ4v) is 2.41. The lowest BCUT2D eigenvalue weighted by Gasteiger charge is -2.01. The molecule has 0 atom stereocenters. The summed E-state index contributed by atoms with van der Waals surface area (Å²) in [5.74, 6) is -0.313. The highest BCUT2D eigenvalue weighted by atomic mass is 16.1. The van der Waals surface area contributed by atoms with Crippen molar-refractivity contribution in [3.8, 4) is 11.3 Å². The van der Waals surface area contributed by atoms with Gasteiger partial charge in [0.1, 0.15) is 0 Å². The molecule has 0 saturated heterocycles. The van der Waals surface area contributed by atoms with Gasteiger partial charge in [0.2, 0.25) is 5.91 Å². The van der Waals surface area contributed by atoms with Crippen LogP contribution in [0.5, 0.6) is 0 Å². The third kappa shape index (κ3) is 2.18. The molecule has 0 radical (unpaired) electrons. The van der Waals surface area contributed by atoms with E-state index in [-0.39, 0.29) is 5.91 Å². The number of carbonyl (C=O) groups is 1. The van der Waals surface area contributed by atoms with Gasteiger partial charge < -0.3 is 10.3 Å². The molecule has 5 nitrogen and oxygen atoms in total. The second kappa shape index (κ2) is 4.85. The molecule has 0 bridgehead atoms. The van der Waals surface area contributed by atoms with Crippen molar-refractivity contribution in [2.24, 2.45) is 12.8 Å². The third-order valence-electron chi connectivity index (χ3n) is 3.47. The molecule has 2 N–H and O–H groups in total. The number of hydrogen-bond acceptors (Lipinski definition) is 2. The summed E-state index contributed by atoms with van der Waals surface area (Å²) in [6, 6.07) is 10.4. The average molecular weight is 268 g/mol. The Morgan fingerprint density at radius 2 is 2.15 bits per heavy atom. The van der Waals surface area contributed by atoms with Crippen molar-refractivity contribution in [1.82, 2.24) is 14.3 Å². The van der Waals surface area contributed by atoms with Gasteiger partial charge in [0, 0.05) is 42.7 Å². The van der Waals surface area contributed by atoms with Crippen molar-refractivity contribution < 1.29 is 4.79 Å². The number of nitrogens with two attached hydrogens (primary N) is 1. The van der Waals surface area contributed by atoms with Crippen LogP contribution in [0.2, 0.25) is 0 Å². The number of hydrogen-bond donors (Lipinski definition) is 1. The van der Waals surface area contributed by atoms with Crippen molar-refractivity contribution in [3.05, 3.63) is 42.7 Å². The summed E-state index contributed by atoms with van der Waals surface area (Å²) in [6.45, 7) is 0.513. The van der Waals surface area contributed by atoms with Crippen LogP contribution in [0.4, 0.5) is 0 Å². The fourth-order valence-electron chi connectivity index (χ4n) is 2.41. The zero-order valence-corrected chi connectivity index (χ0v) is 11.3. The Labute approximate surface area is 116 Å². The Morgan fingerprint density at radius 1 is 1.35 bits per heavy atom. The van der Waals surface area contributed by atoms with Gasteiger partial charge in [0.05, 0.1) is 11.9 Å². The van der Waals surface area contributed by atoms with E-state index in [9.17, 15) is 4.79 Å². The molecule has 0 aliphatic rings. The van der Waals surface area contributed by atoms with Crippen LogP contribution in [-0.2, 0) is 18.4 Å². The molecule has 3 rings (SSSR count). The van der Waals surface area contributed by atoms with Crippen molar-refractivity contribution >= 4 is 16.8 Å². The summed E-state index contributed by atoms with van der Waals surface area (Å²) in [7, 11) is 2.04. The maximum atomic E-state index is 10.8. The molecule has 0 unspecified atom stereocenters. The fraction of sp³-hybridized carbons (Fsp3) is 0.200. The van der Waals surface area contributed by atoms with E-state index in [0.717, 1.165) is 11.3 Å². The van der Waals surface area contributed by atoms with Crippen LogP contribution in [0.15, 0.2) is 42.7 Å². The smallest absolute Gasteiger partial charge is 0.219 e. The second-order valence-electron chi connectivity index (χ2n) is 4.86. The number of rotatable bonds is 4. The van der Waals surface area contributed by atoms with Gasteiger partial charge in [-0.2, -0.15) is 5.10 Å². The van der Waals surface area contributed by atoms with Crippen molar-refractivity contribution in [3.63, 3.8) is 0 Å². The van der Waals surface area contributed by atoms with Crippen LogP contribution in [-0.4, -0.2) is 20.3 Å². The summed E-state index contributed by atoms with van der Waals surface area (Å²) >= 11 is 0. The lowest BCUT2D eigenvalue weighted by atomic mass is 10.2. The first kappa shape index (κ1) is 12.5. The van der Waals surface area contributed by atoms with E-state index in [1.54, 1.807) is 4.68 Å². The largest absolute Gasteiger partial charge is 0.370 e. The SMILES string of the molecule is Cn1c(-c2cnn(CCC(N)=O)c2)cc2ccccc21. The monoisotopic (exact) mass is 268 g/mol. The van der Waals surface area contributed by atoms with Gasteiger partial charge in [-0.1, -0.05) is 18.2 Å². The zero-order chi connectivity index (χ0) is 14.1. The number of primary amides is 1. The predicted octanol–water partition coefficient (Wildman–Crippen LogP) is 1.92. The van der Waals surface area contributed by atoms with E-state index in [2.05, 4.69) is 27.9 Å². The third-order valence-corrected chi connectivity index (χ3v) is 3.47. The zero-order valence-electron chi connectivity index (χ0n) is 11.3. The average Bonchev–Trinajstić information content (AvgIpc) is 3.02. The molecular formula is C15H16N4O. The lowest BCUT2D eigenvalue weighted by molar-refractivity contribution is -0.118. The van der Waals surface area contributed by atoms with Crippen molar-refractivity contribution in [1.29, 1.82) is 0 Å². The summed E-state index contributed by atoms with van der Waals surface area (Å²) in [5, 5.41) is 5.47. The molecule has 5 heteroatoms. The van der Waals surface area contributed by atoms with E-state index in [0.29, 0.717) is 13.0 Å². The number of aromatic nitrogens is 3. The molecular weight excluding hydrogens is 252 g/mol.